The quantitative estimate of drug-likeness (QED) is 0.660. The Hall–Kier alpha value is -0.0800. The average molecular weight is 161 g/mol. The molecule has 0 aromatic heterocycles. The van der Waals surface area contributed by atoms with E-state index in [2.05, 4.69) is 20.8 Å². The highest BCUT2D eigenvalue weighted by Gasteiger charge is 1.89. The second-order valence-electron chi connectivity index (χ2n) is 3.05. The third-order valence-corrected chi connectivity index (χ3v) is 1.23. The Bertz CT molecular complexity index is 53.5. The fourth-order valence-corrected chi connectivity index (χ4v) is 0.500. The van der Waals surface area contributed by atoms with E-state index in [1.54, 1.807) is 0 Å². The first-order valence-corrected chi connectivity index (χ1v) is 4.49. The van der Waals surface area contributed by atoms with Crippen LogP contribution in [0.2, 0.25) is 0 Å². The number of hydrogen-bond acceptors (Lipinski definition) is 2. The van der Waals surface area contributed by atoms with Crippen molar-refractivity contribution >= 4 is 0 Å². The van der Waals surface area contributed by atoms with Gasteiger partial charge < -0.3 is 10.8 Å². The van der Waals surface area contributed by atoms with E-state index in [9.17, 15) is 0 Å². The van der Waals surface area contributed by atoms with Gasteiger partial charge in [-0.15, -0.1) is 0 Å². The summed E-state index contributed by atoms with van der Waals surface area (Å²) in [5, 5.41) is 8.32. The highest BCUT2D eigenvalue weighted by Crippen LogP contribution is 2.00. The van der Waals surface area contributed by atoms with Gasteiger partial charge in [-0.2, -0.15) is 0 Å². The first-order valence-electron chi connectivity index (χ1n) is 4.49. The fraction of sp³-hybridized carbons (Fsp3) is 1.00. The van der Waals surface area contributed by atoms with Crippen molar-refractivity contribution in [2.75, 3.05) is 13.2 Å². The Labute approximate surface area is 70.8 Å². The van der Waals surface area contributed by atoms with Gasteiger partial charge in [-0.3, -0.25) is 0 Å². The van der Waals surface area contributed by atoms with E-state index in [1.165, 1.54) is 0 Å². The summed E-state index contributed by atoms with van der Waals surface area (Å²) in [6.07, 6.45) is 3.20. The minimum Gasteiger partial charge on any atom is -0.396 e. The molecule has 0 spiro atoms. The van der Waals surface area contributed by atoms with Crippen LogP contribution in [0.15, 0.2) is 0 Å². The van der Waals surface area contributed by atoms with Gasteiger partial charge in [-0.05, 0) is 31.7 Å². The lowest BCUT2D eigenvalue weighted by Crippen LogP contribution is -1.93. The van der Waals surface area contributed by atoms with Crippen LogP contribution in [-0.2, 0) is 0 Å². The molecule has 0 aromatic rings. The minimum absolute atomic E-state index is 0.345. The summed E-state index contributed by atoms with van der Waals surface area (Å²) in [6.45, 7) is 7.55. The number of nitrogens with two attached hydrogens (primary N) is 1. The van der Waals surface area contributed by atoms with Crippen LogP contribution >= 0.6 is 0 Å². The summed E-state index contributed by atoms with van der Waals surface area (Å²) < 4.78 is 0. The van der Waals surface area contributed by atoms with Crippen molar-refractivity contribution in [3.05, 3.63) is 0 Å². The Morgan fingerprint density at radius 2 is 1.82 bits per heavy atom. The van der Waals surface area contributed by atoms with Crippen LogP contribution in [0.1, 0.15) is 40.0 Å². The minimum atomic E-state index is 0.345. The number of rotatable bonds is 4. The van der Waals surface area contributed by atoms with E-state index in [0.717, 1.165) is 31.7 Å². The SMILES string of the molecule is CC(C)CCCO.CCCN. The predicted molar refractivity (Wildman–Crippen MR) is 50.5 cm³/mol. The lowest BCUT2D eigenvalue weighted by atomic mass is 10.1. The lowest BCUT2D eigenvalue weighted by Gasteiger charge is -1.98. The van der Waals surface area contributed by atoms with Gasteiger partial charge in [0.1, 0.15) is 0 Å². The summed E-state index contributed by atoms with van der Waals surface area (Å²) in [5.74, 6) is 0.743. The number of hydrogen-bond donors (Lipinski definition) is 2. The Kier molecular flexibility index (Phi) is 15.4. The van der Waals surface area contributed by atoms with E-state index < -0.39 is 0 Å². The summed E-state index contributed by atoms with van der Waals surface area (Å²) in [6, 6.07) is 0. The molecule has 0 heterocycles. The average Bonchev–Trinajstić information content (AvgIpc) is 2.01. The van der Waals surface area contributed by atoms with Crippen molar-refractivity contribution < 1.29 is 5.11 Å². The van der Waals surface area contributed by atoms with Crippen LogP contribution in [-0.4, -0.2) is 18.3 Å². The molecule has 0 aliphatic carbocycles. The molecule has 0 rings (SSSR count). The molecule has 0 amide bonds. The zero-order chi connectivity index (χ0) is 9.11. The Balaban J connectivity index is 0. The predicted octanol–water partition coefficient (Wildman–Crippen LogP) is 1.77. The van der Waals surface area contributed by atoms with Gasteiger partial charge in [0.2, 0.25) is 0 Å². The molecule has 0 fully saturated rings. The van der Waals surface area contributed by atoms with Crippen molar-refractivity contribution in [3.63, 3.8) is 0 Å². The second-order valence-corrected chi connectivity index (χ2v) is 3.05. The summed E-state index contributed by atoms with van der Waals surface area (Å²) in [7, 11) is 0. The van der Waals surface area contributed by atoms with E-state index in [4.69, 9.17) is 10.8 Å². The molecule has 0 saturated carbocycles. The van der Waals surface area contributed by atoms with Crippen molar-refractivity contribution in [1.29, 1.82) is 0 Å². The maximum absolute atomic E-state index is 8.32. The van der Waals surface area contributed by atoms with E-state index in [1.807, 2.05) is 0 Å². The van der Waals surface area contributed by atoms with Crippen molar-refractivity contribution in [2.24, 2.45) is 11.7 Å². The van der Waals surface area contributed by atoms with Crippen LogP contribution in [0.5, 0.6) is 0 Å². The van der Waals surface area contributed by atoms with Gasteiger partial charge in [0, 0.05) is 6.61 Å². The monoisotopic (exact) mass is 161 g/mol. The third-order valence-electron chi connectivity index (χ3n) is 1.23. The van der Waals surface area contributed by atoms with E-state index >= 15 is 0 Å². The Morgan fingerprint density at radius 1 is 1.36 bits per heavy atom. The van der Waals surface area contributed by atoms with Gasteiger partial charge in [-0.25, -0.2) is 0 Å². The van der Waals surface area contributed by atoms with Crippen LogP contribution in [0.3, 0.4) is 0 Å². The Morgan fingerprint density at radius 3 is 1.91 bits per heavy atom. The smallest absolute Gasteiger partial charge is 0.0431 e. The maximum atomic E-state index is 8.32. The molecule has 0 atom stereocenters. The molecule has 11 heavy (non-hydrogen) atoms. The van der Waals surface area contributed by atoms with Crippen LogP contribution in [0.4, 0.5) is 0 Å². The van der Waals surface area contributed by atoms with Crippen molar-refractivity contribution in [3.8, 4) is 0 Å². The molecule has 0 bridgehead atoms. The van der Waals surface area contributed by atoms with Gasteiger partial charge in [0.15, 0.2) is 0 Å². The molecule has 2 nitrogen and oxygen atoms in total. The third kappa shape index (κ3) is 25.7. The molecule has 70 valence electrons. The largest absolute Gasteiger partial charge is 0.396 e. The summed E-state index contributed by atoms with van der Waals surface area (Å²) >= 11 is 0. The molecule has 3 N–H and O–H groups in total. The van der Waals surface area contributed by atoms with E-state index in [-0.39, 0.29) is 0 Å². The molecule has 0 unspecified atom stereocenters. The highest BCUT2D eigenvalue weighted by molar-refractivity contribution is 4.42. The normalized spacial score (nSPS) is 9.27. The van der Waals surface area contributed by atoms with Crippen LogP contribution in [0, 0.1) is 5.92 Å². The molecule has 0 aromatic carbocycles. The lowest BCUT2D eigenvalue weighted by molar-refractivity contribution is 0.276. The molecular weight excluding hydrogens is 138 g/mol. The van der Waals surface area contributed by atoms with Crippen molar-refractivity contribution in [2.45, 2.75) is 40.0 Å². The second kappa shape index (κ2) is 12.6. The highest BCUT2D eigenvalue weighted by atomic mass is 16.2. The summed E-state index contributed by atoms with van der Waals surface area (Å²) in [4.78, 5) is 0. The maximum Gasteiger partial charge on any atom is 0.0431 e. The number of aliphatic hydroxyl groups is 1. The molecule has 2 heteroatoms. The molecule has 0 aliphatic heterocycles. The molecule has 0 saturated heterocycles. The van der Waals surface area contributed by atoms with Gasteiger partial charge in [0.05, 0.1) is 0 Å². The topological polar surface area (TPSA) is 46.2 Å². The van der Waals surface area contributed by atoms with Gasteiger partial charge in [-0.1, -0.05) is 20.8 Å². The fourth-order valence-electron chi connectivity index (χ4n) is 0.500. The van der Waals surface area contributed by atoms with Gasteiger partial charge in [0.25, 0.3) is 0 Å². The first kappa shape index (κ1) is 13.5. The van der Waals surface area contributed by atoms with Crippen LogP contribution < -0.4 is 5.73 Å². The standard InChI is InChI=1S/C6H14O.C3H9N/c1-6(2)4-3-5-7;1-2-3-4/h6-7H,3-5H2,1-2H3;2-4H2,1H3. The number of aliphatic hydroxyl groups excluding tert-OH is 1. The summed E-state index contributed by atoms with van der Waals surface area (Å²) in [5.41, 5.74) is 5.03. The zero-order valence-electron chi connectivity index (χ0n) is 8.14. The van der Waals surface area contributed by atoms with Gasteiger partial charge >= 0.3 is 0 Å². The molecule has 0 aliphatic rings. The van der Waals surface area contributed by atoms with E-state index in [0.29, 0.717) is 6.61 Å². The zero-order valence-corrected chi connectivity index (χ0v) is 8.14. The molecule has 0 radical (unpaired) electrons. The van der Waals surface area contributed by atoms with Crippen LogP contribution in [0.25, 0.3) is 0 Å². The molecular formula is C9H23NO. The van der Waals surface area contributed by atoms with Crippen molar-refractivity contribution in [1.82, 2.24) is 0 Å². The first-order chi connectivity index (χ1) is 5.18.